The lowest BCUT2D eigenvalue weighted by molar-refractivity contribution is -0.121. The quantitative estimate of drug-likeness (QED) is 0.329. The first kappa shape index (κ1) is 19.9. The van der Waals surface area contributed by atoms with Crippen molar-refractivity contribution < 1.29 is 19.1 Å². The monoisotopic (exact) mass is 351 g/mol. The maximum Gasteiger partial charge on any atom is 0.339 e. The lowest BCUT2D eigenvalue weighted by Gasteiger charge is -2.12. The maximum absolute atomic E-state index is 12.0. The summed E-state index contributed by atoms with van der Waals surface area (Å²) >= 11 is 6.24. The largest absolute Gasteiger partial charge is 0.459 e. The summed E-state index contributed by atoms with van der Waals surface area (Å²) in [6.45, 7) is 6.87. The molecule has 1 aromatic carbocycles. The van der Waals surface area contributed by atoms with Gasteiger partial charge < -0.3 is 10.1 Å². The Labute approximate surface area is 147 Å². The van der Waals surface area contributed by atoms with Gasteiger partial charge in [-0.1, -0.05) is 31.5 Å². The first-order valence-electron chi connectivity index (χ1n) is 7.84. The molecule has 0 aliphatic rings. The van der Waals surface area contributed by atoms with Crippen LogP contribution in [0.4, 0.5) is 5.69 Å². The molecule has 0 atom stereocenters. The second-order valence-corrected chi connectivity index (χ2v) is 5.75. The van der Waals surface area contributed by atoms with Crippen LogP contribution in [0, 0.1) is 0 Å². The summed E-state index contributed by atoms with van der Waals surface area (Å²) < 4.78 is 5.13. The van der Waals surface area contributed by atoms with Gasteiger partial charge in [-0.05, 0) is 26.0 Å². The SMILES string of the molecule is CCC(=O)C(=CNc1cccc(C(=O)OC(C)C)c1Cl)C(=O)CC. The zero-order chi connectivity index (χ0) is 18.3. The number of benzene rings is 1. The summed E-state index contributed by atoms with van der Waals surface area (Å²) in [6, 6.07) is 4.84. The molecule has 0 fully saturated rings. The molecule has 0 aliphatic carbocycles. The Morgan fingerprint density at radius 1 is 1.17 bits per heavy atom. The van der Waals surface area contributed by atoms with Crippen molar-refractivity contribution in [3.8, 4) is 0 Å². The molecule has 0 heterocycles. The second kappa shape index (κ2) is 9.23. The summed E-state index contributed by atoms with van der Waals surface area (Å²) in [6.07, 6.45) is 1.54. The van der Waals surface area contributed by atoms with Crippen LogP contribution in [0.15, 0.2) is 30.0 Å². The smallest absolute Gasteiger partial charge is 0.339 e. The number of carbonyl (C=O) groups excluding carboxylic acids is 3. The normalized spacial score (nSPS) is 10.2. The molecule has 0 unspecified atom stereocenters. The van der Waals surface area contributed by atoms with Gasteiger partial charge in [-0.3, -0.25) is 9.59 Å². The van der Waals surface area contributed by atoms with Crippen molar-refractivity contribution in [3.63, 3.8) is 0 Å². The number of carbonyl (C=O) groups is 3. The molecule has 0 saturated carbocycles. The third-order valence-electron chi connectivity index (χ3n) is 3.18. The van der Waals surface area contributed by atoms with E-state index >= 15 is 0 Å². The van der Waals surface area contributed by atoms with Gasteiger partial charge in [0.25, 0.3) is 0 Å². The molecule has 1 rings (SSSR count). The van der Waals surface area contributed by atoms with Crippen molar-refractivity contribution in [1.82, 2.24) is 0 Å². The van der Waals surface area contributed by atoms with Gasteiger partial charge in [0.05, 0.1) is 28.0 Å². The molecule has 1 aromatic rings. The third-order valence-corrected chi connectivity index (χ3v) is 3.58. The number of ether oxygens (including phenoxy) is 1. The zero-order valence-electron chi connectivity index (χ0n) is 14.3. The number of hydrogen-bond acceptors (Lipinski definition) is 5. The molecule has 0 spiro atoms. The van der Waals surface area contributed by atoms with E-state index in [0.29, 0.717) is 5.69 Å². The Morgan fingerprint density at radius 2 is 1.75 bits per heavy atom. The molecular formula is C18H22ClNO4. The van der Waals surface area contributed by atoms with Gasteiger partial charge in [-0.25, -0.2) is 4.79 Å². The van der Waals surface area contributed by atoms with Gasteiger partial charge in [0.2, 0.25) is 0 Å². The van der Waals surface area contributed by atoms with E-state index in [0.717, 1.165) is 0 Å². The standard InChI is InChI=1S/C18H22ClNO4/c1-5-15(21)13(16(22)6-2)10-20-14-9-7-8-12(17(14)19)18(23)24-11(3)4/h7-11,20H,5-6H2,1-4H3. The third kappa shape index (κ3) is 5.20. The van der Waals surface area contributed by atoms with E-state index in [1.165, 1.54) is 6.20 Å². The van der Waals surface area contributed by atoms with Crippen LogP contribution in [-0.4, -0.2) is 23.6 Å². The molecule has 0 bridgehead atoms. The van der Waals surface area contributed by atoms with Gasteiger partial charge in [-0.15, -0.1) is 0 Å². The first-order valence-corrected chi connectivity index (χ1v) is 8.22. The fourth-order valence-corrected chi connectivity index (χ4v) is 2.18. The van der Waals surface area contributed by atoms with Crippen molar-refractivity contribution in [2.24, 2.45) is 0 Å². The number of anilines is 1. The topological polar surface area (TPSA) is 72.5 Å². The molecule has 0 amide bonds. The number of allylic oxidation sites excluding steroid dienone is 1. The molecule has 0 aliphatic heterocycles. The molecular weight excluding hydrogens is 330 g/mol. The van der Waals surface area contributed by atoms with E-state index in [1.807, 2.05) is 0 Å². The van der Waals surface area contributed by atoms with E-state index in [-0.39, 0.29) is 46.7 Å². The van der Waals surface area contributed by atoms with Crippen molar-refractivity contribution in [1.29, 1.82) is 0 Å². The van der Waals surface area contributed by atoms with Crippen LogP contribution < -0.4 is 5.32 Å². The van der Waals surface area contributed by atoms with Crippen LogP contribution in [0.25, 0.3) is 0 Å². The van der Waals surface area contributed by atoms with Crippen LogP contribution in [0.2, 0.25) is 5.02 Å². The van der Waals surface area contributed by atoms with Crippen molar-refractivity contribution in [2.45, 2.75) is 46.6 Å². The molecule has 0 aromatic heterocycles. The molecule has 0 saturated heterocycles. The van der Waals surface area contributed by atoms with Crippen LogP contribution in [-0.2, 0) is 14.3 Å². The first-order chi connectivity index (χ1) is 11.3. The summed E-state index contributed by atoms with van der Waals surface area (Å²) in [5, 5.41) is 3.02. The zero-order valence-corrected chi connectivity index (χ0v) is 15.1. The average molecular weight is 352 g/mol. The highest BCUT2D eigenvalue weighted by Gasteiger charge is 2.17. The fourth-order valence-electron chi connectivity index (χ4n) is 1.93. The lowest BCUT2D eigenvalue weighted by atomic mass is 10.0. The number of rotatable bonds is 8. The average Bonchev–Trinajstić information content (AvgIpc) is 2.54. The van der Waals surface area contributed by atoms with Gasteiger partial charge in [0.15, 0.2) is 11.6 Å². The highest BCUT2D eigenvalue weighted by Crippen LogP contribution is 2.27. The fraction of sp³-hybridized carbons (Fsp3) is 0.389. The van der Waals surface area contributed by atoms with Crippen molar-refractivity contribution in [3.05, 3.63) is 40.6 Å². The van der Waals surface area contributed by atoms with E-state index in [9.17, 15) is 14.4 Å². The number of nitrogens with one attached hydrogen (secondary N) is 1. The van der Waals surface area contributed by atoms with E-state index in [2.05, 4.69) is 5.32 Å². The molecule has 0 radical (unpaired) electrons. The van der Waals surface area contributed by atoms with Crippen LogP contribution in [0.3, 0.4) is 0 Å². The molecule has 24 heavy (non-hydrogen) atoms. The Balaban J connectivity index is 3.11. The van der Waals surface area contributed by atoms with Crippen LogP contribution in [0.5, 0.6) is 0 Å². The van der Waals surface area contributed by atoms with E-state index in [1.54, 1.807) is 45.9 Å². The Bertz CT molecular complexity index is 647. The van der Waals surface area contributed by atoms with Gasteiger partial charge in [-0.2, -0.15) is 0 Å². The minimum atomic E-state index is -0.530. The Kier molecular flexibility index (Phi) is 7.65. The molecule has 130 valence electrons. The number of esters is 1. The molecule has 6 heteroatoms. The number of ketones is 2. The Morgan fingerprint density at radius 3 is 2.25 bits per heavy atom. The number of halogens is 1. The lowest BCUT2D eigenvalue weighted by Crippen LogP contribution is -2.14. The van der Waals surface area contributed by atoms with Gasteiger partial charge in [0.1, 0.15) is 0 Å². The highest BCUT2D eigenvalue weighted by atomic mass is 35.5. The van der Waals surface area contributed by atoms with Gasteiger partial charge in [0, 0.05) is 19.0 Å². The van der Waals surface area contributed by atoms with E-state index in [4.69, 9.17) is 16.3 Å². The summed E-state index contributed by atoms with van der Waals surface area (Å²) in [7, 11) is 0. The van der Waals surface area contributed by atoms with Gasteiger partial charge >= 0.3 is 5.97 Å². The van der Waals surface area contributed by atoms with Crippen LogP contribution in [0.1, 0.15) is 50.9 Å². The maximum atomic E-state index is 12.0. The highest BCUT2D eigenvalue weighted by molar-refractivity contribution is 6.36. The number of Topliss-reactive ketones (excluding diaryl/α,β-unsaturated/α-hetero) is 2. The van der Waals surface area contributed by atoms with Crippen molar-refractivity contribution in [2.75, 3.05) is 5.32 Å². The summed E-state index contributed by atoms with van der Waals surface area (Å²) in [5.74, 6) is -1.03. The van der Waals surface area contributed by atoms with Crippen molar-refractivity contribution >= 4 is 34.8 Å². The van der Waals surface area contributed by atoms with Crippen LogP contribution >= 0.6 is 11.6 Å². The summed E-state index contributed by atoms with van der Waals surface area (Å²) in [5.41, 5.74) is 0.723. The minimum Gasteiger partial charge on any atom is -0.459 e. The predicted octanol–water partition coefficient (Wildman–Crippen LogP) is 4.16. The van der Waals surface area contributed by atoms with E-state index < -0.39 is 5.97 Å². The minimum absolute atomic E-state index is 0.0891. The number of hydrogen-bond donors (Lipinski definition) is 1. The second-order valence-electron chi connectivity index (χ2n) is 5.38. The summed E-state index contributed by atoms with van der Waals surface area (Å²) in [4.78, 5) is 35.8. The molecule has 5 nitrogen and oxygen atoms in total. The Hall–Kier alpha value is -2.14. The molecule has 1 N–H and O–H groups in total. The predicted molar refractivity (Wildman–Crippen MR) is 94.3 cm³/mol.